The molecule has 11 N–H and O–H groups in total. The first-order valence-corrected chi connectivity index (χ1v) is 12.6. The van der Waals surface area contributed by atoms with Crippen molar-refractivity contribution in [1.82, 2.24) is 10.6 Å². The second kappa shape index (κ2) is 13.9. The van der Waals surface area contributed by atoms with Gasteiger partial charge in [-0.3, -0.25) is 9.59 Å². The fourth-order valence-electron chi connectivity index (χ4n) is 4.83. The summed E-state index contributed by atoms with van der Waals surface area (Å²) in [5.74, 6) is -3.16. The third-order valence-corrected chi connectivity index (χ3v) is 6.86. The molecule has 0 radical (unpaired) electrons. The van der Waals surface area contributed by atoms with Gasteiger partial charge in [-0.05, 0) is 0 Å². The van der Waals surface area contributed by atoms with Crippen LogP contribution in [0.25, 0.3) is 0 Å². The summed E-state index contributed by atoms with van der Waals surface area (Å²) in [4.78, 5) is 35.5. The van der Waals surface area contributed by atoms with E-state index in [0.717, 1.165) is 13.8 Å². The SMILES string of the molecule is CC(=O)N[C@@H]1[C@@H](O[C@@H]2O[C@H](C(=O)O)[C@@H](O[C@@H]3O[C@H](CO)[C@@H](O)[C@H](O)[C@H]3NC(C)=O)[C@H](O)[C@H]2O)[C@H](O)[C@@H](CO)O[C@H]1O. The average Bonchev–Trinajstić information content (AvgIpc) is 2.90. The molecular weight excluding hydrogens is 564 g/mol. The molecule has 3 aliphatic rings. The Morgan fingerprint density at radius 3 is 1.73 bits per heavy atom. The first-order valence-electron chi connectivity index (χ1n) is 12.6. The number of aliphatic carboxylic acids is 1. The highest BCUT2D eigenvalue weighted by atomic mass is 16.7. The molecular formula is C22H36N2O17. The molecule has 0 spiro atoms. The van der Waals surface area contributed by atoms with Crippen molar-refractivity contribution in [2.45, 2.75) is 106 Å². The molecule has 19 nitrogen and oxygen atoms in total. The van der Waals surface area contributed by atoms with Crippen molar-refractivity contribution in [2.75, 3.05) is 13.2 Å². The minimum absolute atomic E-state index is 0.697. The summed E-state index contributed by atoms with van der Waals surface area (Å²) in [6.45, 7) is 0.516. The highest BCUT2D eigenvalue weighted by molar-refractivity contribution is 5.74. The predicted molar refractivity (Wildman–Crippen MR) is 125 cm³/mol. The maximum Gasteiger partial charge on any atom is 0.335 e. The zero-order valence-corrected chi connectivity index (χ0v) is 21.9. The van der Waals surface area contributed by atoms with Crippen LogP contribution >= 0.6 is 0 Å². The summed E-state index contributed by atoms with van der Waals surface area (Å²) in [6, 6.07) is -3.02. The van der Waals surface area contributed by atoms with Crippen molar-refractivity contribution in [1.29, 1.82) is 0 Å². The van der Waals surface area contributed by atoms with Crippen molar-refractivity contribution in [3.8, 4) is 0 Å². The van der Waals surface area contributed by atoms with Gasteiger partial charge in [-0.2, -0.15) is 0 Å². The van der Waals surface area contributed by atoms with E-state index in [1.54, 1.807) is 0 Å². The number of carboxylic acids is 1. The molecule has 0 aromatic heterocycles. The van der Waals surface area contributed by atoms with E-state index in [-0.39, 0.29) is 0 Å². The number of carbonyl (C=O) groups excluding carboxylic acids is 2. The van der Waals surface area contributed by atoms with Gasteiger partial charge in [-0.25, -0.2) is 4.79 Å². The lowest BCUT2D eigenvalue weighted by atomic mass is 9.94. The zero-order chi connectivity index (χ0) is 30.8. The highest BCUT2D eigenvalue weighted by Crippen LogP contribution is 2.32. The number of rotatable bonds is 9. The topological polar surface area (TPSA) is 303 Å². The molecule has 236 valence electrons. The molecule has 41 heavy (non-hydrogen) atoms. The molecule has 3 aliphatic heterocycles. The van der Waals surface area contributed by atoms with Gasteiger partial charge in [0.05, 0.1) is 13.2 Å². The largest absolute Gasteiger partial charge is 0.479 e. The number of aliphatic hydroxyl groups excluding tert-OH is 8. The van der Waals surface area contributed by atoms with E-state index >= 15 is 0 Å². The van der Waals surface area contributed by atoms with Crippen LogP contribution in [0.5, 0.6) is 0 Å². The van der Waals surface area contributed by atoms with Gasteiger partial charge in [0.25, 0.3) is 0 Å². The fourth-order valence-corrected chi connectivity index (χ4v) is 4.83. The van der Waals surface area contributed by atoms with Gasteiger partial charge in [0.15, 0.2) is 25.0 Å². The minimum atomic E-state index is -2.14. The number of carboxylic acid groups (broad SMARTS) is 1. The van der Waals surface area contributed by atoms with Crippen LogP contribution in [-0.4, -0.2) is 169 Å². The molecule has 0 aliphatic carbocycles. The Balaban J connectivity index is 1.86. The number of amides is 2. The Morgan fingerprint density at radius 1 is 0.659 bits per heavy atom. The summed E-state index contributed by atoms with van der Waals surface area (Å²) < 4.78 is 26.9. The molecule has 3 fully saturated rings. The monoisotopic (exact) mass is 600 g/mol. The van der Waals surface area contributed by atoms with E-state index in [2.05, 4.69) is 10.6 Å². The van der Waals surface area contributed by atoms with Crippen molar-refractivity contribution in [2.24, 2.45) is 0 Å². The lowest BCUT2D eigenvalue weighted by Gasteiger charge is -2.48. The quantitative estimate of drug-likeness (QED) is 0.117. The van der Waals surface area contributed by atoms with Gasteiger partial charge >= 0.3 is 5.97 Å². The summed E-state index contributed by atoms with van der Waals surface area (Å²) in [5, 5.41) is 96.5. The Morgan fingerprint density at radius 2 is 1.20 bits per heavy atom. The zero-order valence-electron chi connectivity index (χ0n) is 21.9. The number of ether oxygens (including phenoxy) is 5. The number of carbonyl (C=O) groups is 3. The summed E-state index contributed by atoms with van der Waals surface area (Å²) in [6.07, 6.45) is -23.7. The number of aliphatic hydroxyl groups is 8. The molecule has 0 aromatic carbocycles. The standard InChI is InChI=1S/C22H36N2O17/c1-5(27)23-9-13(31)11(29)7(3-25)38-21(9)40-17-14(32)15(33)22(41-18(17)19(34)35)39-16-10(24-6(2)28)20(36)37-8(4-26)12(16)30/h7-18,20-22,25-26,29-33,36H,3-4H2,1-2H3,(H,23,27)(H,24,28)(H,34,35)/t7-,8-,9-,10-,11-,12-,13-,14-,15-,16-,17+,18+,20-,21+,22-/m1/s1. The number of hydrogen-bond donors (Lipinski definition) is 11. The van der Waals surface area contributed by atoms with Crippen molar-refractivity contribution in [3.63, 3.8) is 0 Å². The van der Waals surface area contributed by atoms with Crippen molar-refractivity contribution >= 4 is 17.8 Å². The summed E-state index contributed by atoms with van der Waals surface area (Å²) in [5.41, 5.74) is 0. The Labute approximate surface area is 232 Å². The highest BCUT2D eigenvalue weighted by Gasteiger charge is 2.55. The van der Waals surface area contributed by atoms with Gasteiger partial charge < -0.3 is 80.3 Å². The van der Waals surface area contributed by atoms with Gasteiger partial charge in [0.2, 0.25) is 11.8 Å². The number of hydrogen-bond acceptors (Lipinski definition) is 16. The molecule has 0 saturated carbocycles. The fraction of sp³-hybridized carbons (Fsp3) is 0.864. The normalized spacial score (nSPS) is 45.1. The maximum absolute atomic E-state index is 12.1. The Kier molecular flexibility index (Phi) is 11.3. The maximum atomic E-state index is 12.1. The van der Waals surface area contributed by atoms with Crippen LogP contribution in [-0.2, 0) is 38.1 Å². The average molecular weight is 601 g/mol. The first-order chi connectivity index (χ1) is 19.2. The van der Waals surface area contributed by atoms with Gasteiger partial charge in [-0.15, -0.1) is 0 Å². The van der Waals surface area contributed by atoms with Crippen LogP contribution in [0.3, 0.4) is 0 Å². The van der Waals surface area contributed by atoms with Crippen LogP contribution in [0.2, 0.25) is 0 Å². The van der Waals surface area contributed by atoms with Crippen LogP contribution in [0.4, 0.5) is 0 Å². The molecule has 3 heterocycles. The smallest absolute Gasteiger partial charge is 0.335 e. The minimum Gasteiger partial charge on any atom is -0.479 e. The van der Waals surface area contributed by atoms with E-state index in [1.807, 2.05) is 0 Å². The molecule has 3 rings (SSSR count). The van der Waals surface area contributed by atoms with E-state index in [9.17, 15) is 60.3 Å². The van der Waals surface area contributed by atoms with Gasteiger partial charge in [0, 0.05) is 13.8 Å². The van der Waals surface area contributed by atoms with Crippen LogP contribution in [0.1, 0.15) is 13.8 Å². The van der Waals surface area contributed by atoms with Gasteiger partial charge in [-0.1, -0.05) is 0 Å². The van der Waals surface area contributed by atoms with E-state index in [1.165, 1.54) is 0 Å². The molecule has 2 amide bonds. The van der Waals surface area contributed by atoms with Crippen LogP contribution < -0.4 is 10.6 Å². The second-order valence-electron chi connectivity index (χ2n) is 9.84. The molecule has 0 unspecified atom stereocenters. The first kappa shape index (κ1) is 33.4. The molecule has 3 saturated heterocycles. The predicted octanol–water partition coefficient (Wildman–Crippen LogP) is -7.19. The van der Waals surface area contributed by atoms with Crippen molar-refractivity contribution < 1.29 is 84.0 Å². The lowest BCUT2D eigenvalue weighted by Crippen LogP contribution is -2.69. The summed E-state index contributed by atoms with van der Waals surface area (Å²) in [7, 11) is 0. The van der Waals surface area contributed by atoms with E-state index in [0.29, 0.717) is 0 Å². The third kappa shape index (κ3) is 7.28. The molecule has 15 atom stereocenters. The lowest BCUT2D eigenvalue weighted by molar-refractivity contribution is -0.359. The molecule has 19 heteroatoms. The van der Waals surface area contributed by atoms with Gasteiger partial charge in [0.1, 0.15) is 67.0 Å². The van der Waals surface area contributed by atoms with E-state index in [4.69, 9.17) is 23.7 Å². The van der Waals surface area contributed by atoms with Crippen LogP contribution in [0, 0.1) is 0 Å². The summed E-state index contributed by atoms with van der Waals surface area (Å²) >= 11 is 0. The third-order valence-electron chi connectivity index (χ3n) is 6.86. The van der Waals surface area contributed by atoms with Crippen molar-refractivity contribution in [3.05, 3.63) is 0 Å². The number of nitrogens with one attached hydrogen (secondary N) is 2. The van der Waals surface area contributed by atoms with E-state index < -0.39 is 123 Å². The Bertz CT molecular complexity index is 927. The Hall–Kier alpha value is -2.11. The molecule has 0 aromatic rings. The second-order valence-corrected chi connectivity index (χ2v) is 9.84. The van der Waals surface area contributed by atoms with Crippen LogP contribution in [0.15, 0.2) is 0 Å². The molecule has 0 bridgehead atoms.